The molecule has 0 aliphatic rings. The van der Waals surface area contributed by atoms with Crippen LogP contribution in [0.15, 0.2) is 133 Å². The minimum absolute atomic E-state index is 0.0873. The van der Waals surface area contributed by atoms with Crippen LogP contribution in [0.1, 0.15) is 132 Å². The topological polar surface area (TPSA) is 273 Å². The average Bonchev–Trinajstić information content (AvgIpc) is 2.38. The Labute approximate surface area is 509 Å². The first-order valence-electron chi connectivity index (χ1n) is 30.2. The summed E-state index contributed by atoms with van der Waals surface area (Å²) in [6.45, 7) is 19.3. The van der Waals surface area contributed by atoms with Gasteiger partial charge in [-0.2, -0.15) is 0 Å². The second-order valence-electron chi connectivity index (χ2n) is 24.3. The fourth-order valence-electron chi connectivity index (χ4n) is 9.97. The maximum Gasteiger partial charge on any atom is 0.308 e. The molecule has 0 spiro atoms. The lowest BCUT2D eigenvalue weighted by Gasteiger charge is -2.25. The van der Waals surface area contributed by atoms with Gasteiger partial charge in [0.05, 0.1) is 41.6 Å². The Hall–Kier alpha value is -6.86. The molecule has 16 nitrogen and oxygen atoms in total. The van der Waals surface area contributed by atoms with Gasteiger partial charge < -0.3 is 46.3 Å². The van der Waals surface area contributed by atoms with E-state index in [0.29, 0.717) is 47.7 Å². The Morgan fingerprint density at radius 3 is 1.17 bits per heavy atom. The van der Waals surface area contributed by atoms with Crippen LogP contribution in [0.4, 0.5) is 0 Å². The first-order chi connectivity index (χ1) is 40.6. The summed E-state index contributed by atoms with van der Waals surface area (Å²) in [4.78, 5) is 80.8. The first-order valence-corrected chi connectivity index (χ1v) is 30.2. The standard InChI is InChI=1S/C24H32BNO4.C22H30BNO4.C21H29BN2O4/c1-16(2)14-23(25(4)30)26-24(29)21(17(3)27)15-22(28)20-12-10-19(11-13-20)18-8-6-5-7-9-18;1-14(2)11-21(23(4)28)24-22(27)19(15(3)25)13-20(26)18-10-9-16-7-5-6-8-17(16)12-18;1-13(2)11-20(22(4)28)24-21(27)16(14(3)25)12-19(26)18-10-9-15-7-5-6-8-17(15)23-18/h5-13,16-17,21,23,27,30H,14-15H2,1-4H3,(H,26,29);5-10,12,14-15,19,21,25,28H,11,13H2,1-4H3,(H,24,27);5-10,13-14,16,20,25,28H,11-12H2,1-4H3,(H,24,27)/t17-,21+,23+;15-,19+,21+;14-,16+,20+/m111/s1. The molecule has 0 saturated heterocycles. The van der Waals surface area contributed by atoms with Crippen LogP contribution in [0, 0.1) is 35.5 Å². The molecule has 1 heterocycles. The molecular weight excluding hydrogens is 1090 g/mol. The molecule has 19 heteroatoms. The summed E-state index contributed by atoms with van der Waals surface area (Å²) in [5.41, 5.74) is 4.06. The predicted molar refractivity (Wildman–Crippen MR) is 346 cm³/mol. The monoisotopic (exact) mass is 1180 g/mol. The summed E-state index contributed by atoms with van der Waals surface area (Å²) < 4.78 is 0. The molecule has 0 aliphatic carbocycles. The van der Waals surface area contributed by atoms with Crippen LogP contribution in [0.25, 0.3) is 32.8 Å². The zero-order chi connectivity index (χ0) is 63.9. The van der Waals surface area contributed by atoms with E-state index in [1.54, 1.807) is 44.7 Å². The summed E-state index contributed by atoms with van der Waals surface area (Å²) >= 11 is 0. The van der Waals surface area contributed by atoms with Crippen LogP contribution >= 0.6 is 0 Å². The van der Waals surface area contributed by atoms with Crippen LogP contribution in [0.5, 0.6) is 0 Å². The van der Waals surface area contributed by atoms with Crippen molar-refractivity contribution in [3.05, 3.63) is 150 Å². The third-order valence-electron chi connectivity index (χ3n) is 15.1. The number of benzene rings is 5. The molecule has 0 radical (unpaired) electrons. The van der Waals surface area contributed by atoms with E-state index < -0.39 is 92.4 Å². The van der Waals surface area contributed by atoms with Crippen LogP contribution in [-0.4, -0.2) is 127 Å². The molecule has 460 valence electrons. The number of rotatable bonds is 28. The predicted octanol–water partition coefficient (Wildman–Crippen LogP) is 9.19. The molecule has 0 aliphatic heterocycles. The lowest BCUT2D eigenvalue weighted by atomic mass is 9.61. The highest BCUT2D eigenvalue weighted by Gasteiger charge is 2.34. The van der Waals surface area contributed by atoms with Crippen molar-refractivity contribution in [2.75, 3.05) is 0 Å². The van der Waals surface area contributed by atoms with Gasteiger partial charge in [0.25, 0.3) is 0 Å². The number of amides is 3. The van der Waals surface area contributed by atoms with Gasteiger partial charge in [-0.25, -0.2) is 4.98 Å². The number of carbonyl (C=O) groups is 6. The molecule has 86 heavy (non-hydrogen) atoms. The van der Waals surface area contributed by atoms with Gasteiger partial charge >= 0.3 is 20.7 Å². The van der Waals surface area contributed by atoms with Gasteiger partial charge in [-0.1, -0.05) is 177 Å². The summed E-state index contributed by atoms with van der Waals surface area (Å²) in [6.07, 6.45) is -1.45. The molecule has 0 unspecified atom stereocenters. The third-order valence-corrected chi connectivity index (χ3v) is 15.1. The number of ketones is 3. The maximum atomic E-state index is 12.8. The van der Waals surface area contributed by atoms with Gasteiger partial charge in [0.15, 0.2) is 17.3 Å². The van der Waals surface area contributed by atoms with E-state index in [4.69, 9.17) is 0 Å². The molecule has 9 atom stereocenters. The van der Waals surface area contributed by atoms with E-state index in [2.05, 4.69) is 20.9 Å². The fraction of sp³-hybridized carbons (Fsp3) is 0.448. The minimum atomic E-state index is -1.00. The zero-order valence-electron chi connectivity index (χ0n) is 52.2. The molecule has 6 aromatic rings. The fourth-order valence-corrected chi connectivity index (χ4v) is 9.97. The van der Waals surface area contributed by atoms with Gasteiger partial charge in [0.1, 0.15) is 5.69 Å². The van der Waals surface area contributed by atoms with Gasteiger partial charge in [-0.05, 0) is 97.9 Å². The summed E-state index contributed by atoms with van der Waals surface area (Å²) in [5, 5.41) is 71.5. The number of nitrogens with one attached hydrogen (secondary N) is 3. The van der Waals surface area contributed by atoms with E-state index >= 15 is 0 Å². The SMILES string of the molecule is CB(O)[C@H](CC(C)C)NC(=O)[C@@H](CC(=O)c1ccc(-c2ccccc2)cc1)[C@@H](C)O.CB(O)[C@H](CC(C)C)NC(=O)[C@@H](CC(=O)c1ccc2ccccc2c1)[C@@H](C)O.CB(O)[C@H](CC(C)C)NC(=O)[C@@H](CC(=O)c1ccc2ccccc2n1)[C@@H](C)O. The minimum Gasteiger partial charge on any atom is -0.449 e. The summed E-state index contributed by atoms with van der Waals surface area (Å²) in [6, 6.07) is 41.3. The van der Waals surface area contributed by atoms with E-state index in [1.165, 1.54) is 20.8 Å². The van der Waals surface area contributed by atoms with E-state index in [9.17, 15) is 59.2 Å². The lowest BCUT2D eigenvalue weighted by molar-refractivity contribution is -0.129. The summed E-state index contributed by atoms with van der Waals surface area (Å²) in [5.74, 6) is -4.98. The Morgan fingerprint density at radius 2 is 0.756 bits per heavy atom. The van der Waals surface area contributed by atoms with Crippen molar-refractivity contribution in [1.29, 1.82) is 0 Å². The quantitative estimate of drug-likeness (QED) is 0.0164. The van der Waals surface area contributed by atoms with Crippen molar-refractivity contribution >= 4 is 77.5 Å². The molecule has 0 saturated carbocycles. The molecule has 1 aromatic heterocycles. The Bertz CT molecular complexity index is 2980. The number of hydrogen-bond acceptors (Lipinski definition) is 13. The first kappa shape index (κ1) is 71.6. The van der Waals surface area contributed by atoms with Crippen molar-refractivity contribution in [1.82, 2.24) is 20.9 Å². The van der Waals surface area contributed by atoms with Gasteiger partial charge in [-0.15, -0.1) is 0 Å². The number of Topliss-reactive ketones (excluding diaryl/α,β-unsaturated/α-hetero) is 3. The third kappa shape index (κ3) is 23.1. The highest BCUT2D eigenvalue weighted by atomic mass is 16.3. The number of hydrogen-bond donors (Lipinski definition) is 9. The van der Waals surface area contributed by atoms with Crippen LogP contribution in [-0.2, 0) is 14.4 Å². The number of aliphatic hydroxyl groups excluding tert-OH is 3. The number of para-hydroxylation sites is 1. The molecular formula is C67H91B3N4O12. The van der Waals surface area contributed by atoms with Gasteiger partial charge in [0.2, 0.25) is 17.7 Å². The van der Waals surface area contributed by atoms with Crippen LogP contribution < -0.4 is 16.0 Å². The van der Waals surface area contributed by atoms with Crippen molar-refractivity contribution in [2.45, 2.75) is 157 Å². The van der Waals surface area contributed by atoms with Crippen molar-refractivity contribution in [3.63, 3.8) is 0 Å². The highest BCUT2D eigenvalue weighted by Crippen LogP contribution is 2.24. The number of nitrogens with zero attached hydrogens (tertiary/aromatic N) is 1. The van der Waals surface area contributed by atoms with Gasteiger partial charge in [0, 0.05) is 53.6 Å². The molecule has 9 N–H and O–H groups in total. The lowest BCUT2D eigenvalue weighted by Crippen LogP contribution is -2.49. The maximum absolute atomic E-state index is 12.8. The normalized spacial score (nSPS) is 14.4. The van der Waals surface area contributed by atoms with E-state index in [0.717, 1.165) is 27.3 Å². The zero-order valence-corrected chi connectivity index (χ0v) is 52.2. The smallest absolute Gasteiger partial charge is 0.308 e. The molecule has 0 bridgehead atoms. The summed E-state index contributed by atoms with van der Waals surface area (Å²) in [7, 11) is 0. The number of aliphatic hydroxyl groups is 3. The Morgan fingerprint density at radius 1 is 0.407 bits per heavy atom. The van der Waals surface area contributed by atoms with Crippen LogP contribution in [0.3, 0.4) is 0 Å². The van der Waals surface area contributed by atoms with Gasteiger partial charge in [-0.3, -0.25) is 28.8 Å². The van der Waals surface area contributed by atoms with Crippen molar-refractivity contribution in [3.8, 4) is 11.1 Å². The van der Waals surface area contributed by atoms with Crippen molar-refractivity contribution < 1.29 is 59.2 Å². The number of pyridine rings is 1. The molecule has 3 amide bonds. The second-order valence-corrected chi connectivity index (χ2v) is 24.3. The van der Waals surface area contributed by atoms with E-state index in [1.807, 2.05) is 151 Å². The Balaban J connectivity index is 0.000000277. The number of aromatic nitrogens is 1. The van der Waals surface area contributed by atoms with Crippen LogP contribution in [0.2, 0.25) is 20.5 Å². The number of carbonyl (C=O) groups excluding carboxylic acids is 6. The molecule has 5 aromatic carbocycles. The average molecular weight is 1180 g/mol. The van der Waals surface area contributed by atoms with E-state index in [-0.39, 0.29) is 48.2 Å². The second kappa shape index (κ2) is 35.1. The largest absolute Gasteiger partial charge is 0.449 e. The highest BCUT2D eigenvalue weighted by molar-refractivity contribution is 6.51. The Kier molecular flexibility index (Phi) is 29.2. The van der Waals surface area contributed by atoms with Crippen molar-refractivity contribution in [2.24, 2.45) is 35.5 Å². The molecule has 6 rings (SSSR count). The number of fused-ring (bicyclic) bond motifs is 2. The molecule has 0 fully saturated rings.